The normalized spacial score (nSPS) is 38.7. The Morgan fingerprint density at radius 3 is 2.30 bits per heavy atom. The number of hydrogen-bond donors (Lipinski definition) is 0. The quantitative estimate of drug-likeness (QED) is 0.277. The lowest BCUT2D eigenvalue weighted by Gasteiger charge is -2.57. The van der Waals surface area contributed by atoms with Crippen molar-refractivity contribution in [2.75, 3.05) is 13.2 Å². The molecular weight excluding hydrogens is 556 g/mol. The lowest BCUT2D eigenvalue weighted by molar-refractivity contribution is -0.327. The Bertz CT molecular complexity index is 1220. The molecule has 4 fully saturated rings. The number of benzene rings is 2. The van der Waals surface area contributed by atoms with Crippen molar-refractivity contribution in [2.45, 2.75) is 119 Å². The predicted octanol–water partition coefficient (Wildman–Crippen LogP) is 6.35. The molecule has 4 aliphatic rings. The molecule has 0 spiro atoms. The summed E-state index contributed by atoms with van der Waals surface area (Å²) in [5.74, 6) is 0. The minimum Gasteiger partial charge on any atom is -0.375 e. The molecule has 0 aliphatic carbocycles. The summed E-state index contributed by atoms with van der Waals surface area (Å²) in [6, 6.07) is 20.4. The third-order valence-electron chi connectivity index (χ3n) is 9.69. The van der Waals surface area contributed by atoms with E-state index in [1.807, 2.05) is 48.6 Å². The third-order valence-corrected chi connectivity index (χ3v) is 9.69. The minimum atomic E-state index is -0.697. The first-order chi connectivity index (χ1) is 21.4. The smallest absolute Gasteiger partial charge is 0.108 e. The van der Waals surface area contributed by atoms with E-state index in [0.29, 0.717) is 32.7 Å². The maximum atomic E-state index is 6.98. The second kappa shape index (κ2) is 14.0. The molecule has 4 aliphatic heterocycles. The molecule has 2 aromatic rings. The van der Waals surface area contributed by atoms with Crippen molar-refractivity contribution < 1.29 is 33.2 Å². The lowest BCUT2D eigenvalue weighted by Crippen LogP contribution is -2.67. The molecule has 0 amide bonds. The lowest BCUT2D eigenvalue weighted by atomic mass is 9.74. The molecule has 0 saturated carbocycles. The average Bonchev–Trinajstić information content (AvgIpc) is 3.04. The van der Waals surface area contributed by atoms with Gasteiger partial charge < -0.3 is 33.2 Å². The summed E-state index contributed by atoms with van der Waals surface area (Å²) >= 11 is 0. The highest BCUT2D eigenvalue weighted by molar-refractivity contribution is 5.15. The van der Waals surface area contributed by atoms with Gasteiger partial charge in [-0.2, -0.15) is 0 Å². The van der Waals surface area contributed by atoms with Crippen LogP contribution < -0.4 is 0 Å². The highest BCUT2D eigenvalue weighted by Gasteiger charge is 2.58. The fraction of sp³-hybridized carbons (Fsp3) is 0.568. The maximum absolute atomic E-state index is 6.98. The molecule has 6 rings (SSSR count). The van der Waals surface area contributed by atoms with E-state index in [9.17, 15) is 0 Å². The van der Waals surface area contributed by atoms with Gasteiger partial charge in [0, 0.05) is 25.9 Å². The second-order valence-corrected chi connectivity index (χ2v) is 13.1. The van der Waals surface area contributed by atoms with Crippen molar-refractivity contribution >= 4 is 0 Å². The zero-order valence-electron chi connectivity index (χ0n) is 26.2. The van der Waals surface area contributed by atoms with Gasteiger partial charge in [-0.25, -0.2) is 0 Å². The van der Waals surface area contributed by atoms with E-state index < -0.39 is 11.2 Å². The zero-order valence-corrected chi connectivity index (χ0v) is 26.2. The molecule has 0 aromatic heterocycles. The number of rotatable bonds is 11. The van der Waals surface area contributed by atoms with Crippen LogP contribution in [-0.4, -0.2) is 73.2 Å². The molecule has 2 aromatic carbocycles. The van der Waals surface area contributed by atoms with Crippen LogP contribution in [0.25, 0.3) is 0 Å². The van der Waals surface area contributed by atoms with Crippen LogP contribution in [0.3, 0.4) is 0 Å². The maximum Gasteiger partial charge on any atom is 0.108 e. The van der Waals surface area contributed by atoms with Gasteiger partial charge in [-0.05, 0) is 37.8 Å². The second-order valence-electron chi connectivity index (χ2n) is 13.1. The first-order valence-corrected chi connectivity index (χ1v) is 16.2. The number of ether oxygens (including phenoxy) is 7. The van der Waals surface area contributed by atoms with E-state index in [2.05, 4.69) is 51.3 Å². The summed E-state index contributed by atoms with van der Waals surface area (Å²) in [6.07, 6.45) is 6.51. The van der Waals surface area contributed by atoms with Gasteiger partial charge in [-0.15, -0.1) is 13.2 Å². The Labute approximate surface area is 262 Å². The summed E-state index contributed by atoms with van der Waals surface area (Å²) in [5.41, 5.74) is 0.928. The molecule has 44 heavy (non-hydrogen) atoms. The highest BCUT2D eigenvalue weighted by Crippen LogP contribution is 2.48. The van der Waals surface area contributed by atoms with Gasteiger partial charge in [0.1, 0.15) is 18.3 Å². The molecule has 4 saturated heterocycles. The summed E-state index contributed by atoms with van der Waals surface area (Å²) in [4.78, 5) is 0. The monoisotopic (exact) mass is 604 g/mol. The summed E-state index contributed by atoms with van der Waals surface area (Å²) in [7, 11) is 0. The number of hydrogen-bond acceptors (Lipinski definition) is 7. The van der Waals surface area contributed by atoms with Crippen LogP contribution in [0.2, 0.25) is 0 Å². The van der Waals surface area contributed by atoms with Crippen molar-refractivity contribution in [3.63, 3.8) is 0 Å². The molecule has 238 valence electrons. The van der Waals surface area contributed by atoms with E-state index in [4.69, 9.17) is 33.2 Å². The molecule has 0 radical (unpaired) electrons. The third kappa shape index (κ3) is 7.05. The van der Waals surface area contributed by atoms with Gasteiger partial charge in [0.15, 0.2) is 0 Å². The van der Waals surface area contributed by atoms with Crippen molar-refractivity contribution in [1.29, 1.82) is 0 Å². The fourth-order valence-electron chi connectivity index (χ4n) is 7.47. The SMILES string of the molecule is C=C[C@@H]1O[C@@H]2C[C@H](OCc3ccccc3)[C@@H](COCc3ccccc3)O[C@@]2(C)C[C@@]1(C)O[C@@H]1C[C@H]2OCCC[C@@H]2O[C@@H]1C=C. The van der Waals surface area contributed by atoms with Gasteiger partial charge in [0.2, 0.25) is 0 Å². The topological polar surface area (TPSA) is 64.6 Å². The van der Waals surface area contributed by atoms with E-state index >= 15 is 0 Å². The Hall–Kier alpha value is -2.36. The Balaban J connectivity index is 1.18. The molecule has 0 bridgehead atoms. The van der Waals surface area contributed by atoms with Gasteiger partial charge in [0.25, 0.3) is 0 Å². The zero-order chi connectivity index (χ0) is 30.6. The van der Waals surface area contributed by atoms with Crippen LogP contribution in [-0.2, 0) is 46.4 Å². The van der Waals surface area contributed by atoms with Crippen molar-refractivity contribution in [1.82, 2.24) is 0 Å². The van der Waals surface area contributed by atoms with Crippen LogP contribution in [0, 0.1) is 0 Å². The van der Waals surface area contributed by atoms with Gasteiger partial charge >= 0.3 is 0 Å². The van der Waals surface area contributed by atoms with Gasteiger partial charge in [-0.3, -0.25) is 0 Å². The molecule has 10 atom stereocenters. The fourth-order valence-corrected chi connectivity index (χ4v) is 7.47. The Morgan fingerprint density at radius 1 is 0.864 bits per heavy atom. The Morgan fingerprint density at radius 2 is 1.59 bits per heavy atom. The van der Waals surface area contributed by atoms with Crippen molar-refractivity contribution in [2.24, 2.45) is 0 Å². The molecule has 0 N–H and O–H groups in total. The van der Waals surface area contributed by atoms with E-state index in [1.165, 1.54) is 0 Å². The van der Waals surface area contributed by atoms with E-state index in [-0.39, 0.29) is 48.8 Å². The average molecular weight is 605 g/mol. The van der Waals surface area contributed by atoms with Crippen molar-refractivity contribution in [3.05, 3.63) is 97.1 Å². The van der Waals surface area contributed by atoms with Crippen LogP contribution in [0.5, 0.6) is 0 Å². The van der Waals surface area contributed by atoms with E-state index in [1.54, 1.807) is 0 Å². The summed E-state index contributed by atoms with van der Waals surface area (Å²) in [6.45, 7) is 14.6. The van der Waals surface area contributed by atoms with E-state index in [0.717, 1.165) is 37.0 Å². The standard InChI is InChI=1S/C37H48O7/c1-5-28-32(20-30-29(41-28)18-13-19-39-30)43-36(3)25-37(4)35(42-34(36)6-2)21-31(40-23-27-16-11-8-12-17-27)33(44-37)24-38-22-26-14-9-7-10-15-26/h5-12,14-17,28-35H,1-2,13,18-25H2,3-4H3/t28-,29+,30-,31+,32-,33-,34+,35-,36-,37+/m1/s1. The highest BCUT2D eigenvalue weighted by atomic mass is 16.6. The molecular formula is C37H48O7. The van der Waals surface area contributed by atoms with Crippen molar-refractivity contribution in [3.8, 4) is 0 Å². The molecule has 7 nitrogen and oxygen atoms in total. The summed E-state index contributed by atoms with van der Waals surface area (Å²) in [5, 5.41) is 0. The largest absolute Gasteiger partial charge is 0.375 e. The molecule has 4 heterocycles. The molecule has 0 unspecified atom stereocenters. The van der Waals surface area contributed by atoms with Crippen LogP contribution in [0.15, 0.2) is 86.0 Å². The van der Waals surface area contributed by atoms with Gasteiger partial charge in [0.05, 0.1) is 61.5 Å². The van der Waals surface area contributed by atoms with Crippen LogP contribution in [0.1, 0.15) is 57.1 Å². The predicted molar refractivity (Wildman–Crippen MR) is 168 cm³/mol. The summed E-state index contributed by atoms with van der Waals surface area (Å²) < 4.78 is 46.0. The molecule has 7 heteroatoms. The number of fused-ring (bicyclic) bond motifs is 2. The first-order valence-electron chi connectivity index (χ1n) is 16.2. The van der Waals surface area contributed by atoms with Crippen LogP contribution in [0.4, 0.5) is 0 Å². The first kappa shape index (κ1) is 31.6. The van der Waals surface area contributed by atoms with Crippen LogP contribution >= 0.6 is 0 Å². The minimum absolute atomic E-state index is 0.0307. The Kier molecular flexibility index (Phi) is 10.0. The van der Waals surface area contributed by atoms with Gasteiger partial charge in [-0.1, -0.05) is 72.8 Å².